The van der Waals surface area contributed by atoms with E-state index >= 15 is 0 Å². The van der Waals surface area contributed by atoms with E-state index in [4.69, 9.17) is 0 Å². The molecule has 158 valence electrons. The maximum Gasteiger partial charge on any atom is 0.281 e. The molecule has 0 spiro atoms. The second kappa shape index (κ2) is 7.84. The molecule has 2 atom stereocenters. The molecule has 0 aliphatic carbocycles. The fourth-order valence-electron chi connectivity index (χ4n) is 5.31. The Kier molecular flexibility index (Phi) is 5.20. The maximum absolute atomic E-state index is 14.0. The second-order valence-corrected chi connectivity index (χ2v) is 8.98. The Morgan fingerprint density at radius 1 is 1.10 bits per heavy atom. The average molecular weight is 404 g/mol. The molecular weight excluding hydrogens is 372 g/mol. The number of alkyl halides is 2. The zero-order valence-corrected chi connectivity index (χ0v) is 17.2. The summed E-state index contributed by atoms with van der Waals surface area (Å²) in [6.45, 7) is 9.19. The molecule has 0 bridgehead atoms. The first-order chi connectivity index (χ1) is 14.1. The molecule has 7 heteroatoms. The lowest BCUT2D eigenvalue weighted by Crippen LogP contribution is -2.69. The van der Waals surface area contributed by atoms with Gasteiger partial charge < -0.3 is 15.1 Å². The van der Waals surface area contributed by atoms with Crippen LogP contribution in [-0.2, 0) is 0 Å². The van der Waals surface area contributed by atoms with Crippen LogP contribution in [-0.4, -0.2) is 67.8 Å². The minimum Gasteiger partial charge on any atom is -0.364 e. The van der Waals surface area contributed by atoms with Gasteiger partial charge in [-0.15, -0.1) is 0 Å². The van der Waals surface area contributed by atoms with Gasteiger partial charge in [0.15, 0.2) is 0 Å². The summed E-state index contributed by atoms with van der Waals surface area (Å²) in [5.41, 5.74) is 1.52. The van der Waals surface area contributed by atoms with E-state index in [1.165, 1.54) is 0 Å². The topological polar surface area (TPSA) is 34.6 Å². The van der Waals surface area contributed by atoms with Gasteiger partial charge in [-0.3, -0.25) is 4.90 Å². The predicted octanol–water partition coefficient (Wildman–Crippen LogP) is 3.13. The molecule has 0 amide bonds. The second-order valence-electron chi connectivity index (χ2n) is 8.98. The van der Waals surface area contributed by atoms with Crippen molar-refractivity contribution in [2.45, 2.75) is 44.7 Å². The first kappa shape index (κ1) is 19.2. The maximum atomic E-state index is 14.0. The Balaban J connectivity index is 1.46. The summed E-state index contributed by atoms with van der Waals surface area (Å²) in [7, 11) is 0. The molecule has 1 N–H and O–H groups in total. The summed E-state index contributed by atoms with van der Waals surface area (Å²) in [4.78, 5) is 11.6. The number of hydrogen-bond donors (Lipinski definition) is 1. The highest BCUT2D eigenvalue weighted by Crippen LogP contribution is 2.42. The van der Waals surface area contributed by atoms with E-state index in [1.54, 1.807) is 0 Å². The standard InChI is InChI=1S/C22H31F2N5/c1-15-5-9-28(10-6-15)20-13-18-16(21(26-20)22(23)24)3-2-4-17-19(14-29(17)18)27-11-7-25-8-12-27/h2-3,13,15,17,19,22,25H,4-12,14H2,1H3/t17-,19+/m0/s1. The fraction of sp³-hybridized carbons (Fsp3) is 0.682. The molecule has 5 nitrogen and oxygen atoms in total. The van der Waals surface area contributed by atoms with Crippen molar-refractivity contribution in [2.75, 3.05) is 55.6 Å². The van der Waals surface area contributed by atoms with Crippen molar-refractivity contribution in [3.05, 3.63) is 23.4 Å². The average Bonchev–Trinajstić information content (AvgIpc) is 2.85. The van der Waals surface area contributed by atoms with Gasteiger partial charge in [0.2, 0.25) is 0 Å². The van der Waals surface area contributed by atoms with Crippen LogP contribution in [0.1, 0.15) is 43.9 Å². The van der Waals surface area contributed by atoms with E-state index < -0.39 is 6.43 Å². The molecule has 5 heterocycles. The Hall–Kier alpha value is -1.73. The molecule has 1 aromatic rings. The van der Waals surface area contributed by atoms with Gasteiger partial charge in [0, 0.05) is 69.5 Å². The lowest BCUT2D eigenvalue weighted by atomic mass is 9.90. The van der Waals surface area contributed by atoms with Crippen LogP contribution >= 0.6 is 0 Å². The van der Waals surface area contributed by atoms with Gasteiger partial charge in [-0.05, 0) is 25.2 Å². The number of halogens is 2. The molecule has 0 saturated carbocycles. The van der Waals surface area contributed by atoms with Crippen LogP contribution in [0.25, 0.3) is 6.08 Å². The molecule has 0 aromatic carbocycles. The Morgan fingerprint density at radius 2 is 1.86 bits per heavy atom. The highest BCUT2D eigenvalue weighted by molar-refractivity contribution is 5.76. The summed E-state index contributed by atoms with van der Waals surface area (Å²) in [6.07, 6.45) is 4.51. The normalized spacial score (nSPS) is 28.1. The van der Waals surface area contributed by atoms with Crippen molar-refractivity contribution in [2.24, 2.45) is 5.92 Å². The molecule has 0 radical (unpaired) electrons. The van der Waals surface area contributed by atoms with Crippen molar-refractivity contribution in [1.82, 2.24) is 15.2 Å². The SMILES string of the molecule is CC1CCN(c2cc3c(c(C(F)F)n2)C=CC[C@H]2[C@H](N4CCNCC4)CN32)CC1. The Labute approximate surface area is 171 Å². The minimum absolute atomic E-state index is 0.0568. The predicted molar refractivity (Wildman–Crippen MR) is 113 cm³/mol. The summed E-state index contributed by atoms with van der Waals surface area (Å²) in [5.74, 6) is 1.43. The number of nitrogens with one attached hydrogen (secondary N) is 1. The van der Waals surface area contributed by atoms with E-state index in [2.05, 4.69) is 44.1 Å². The van der Waals surface area contributed by atoms with Crippen LogP contribution < -0.4 is 15.1 Å². The van der Waals surface area contributed by atoms with E-state index in [9.17, 15) is 8.78 Å². The number of fused-ring (bicyclic) bond motifs is 3. The summed E-state index contributed by atoms with van der Waals surface area (Å²) in [6, 6.07) is 2.95. The Bertz CT molecular complexity index is 769. The van der Waals surface area contributed by atoms with Crippen molar-refractivity contribution in [1.29, 1.82) is 0 Å². The van der Waals surface area contributed by atoms with Gasteiger partial charge >= 0.3 is 0 Å². The molecule has 29 heavy (non-hydrogen) atoms. The zero-order valence-electron chi connectivity index (χ0n) is 17.2. The number of hydrogen-bond acceptors (Lipinski definition) is 5. The monoisotopic (exact) mass is 403 g/mol. The fourth-order valence-corrected chi connectivity index (χ4v) is 5.31. The van der Waals surface area contributed by atoms with Gasteiger partial charge in [0.25, 0.3) is 6.43 Å². The Morgan fingerprint density at radius 3 is 2.59 bits per heavy atom. The van der Waals surface area contributed by atoms with E-state index in [0.717, 1.165) is 76.6 Å². The number of pyridine rings is 1. The quantitative estimate of drug-likeness (QED) is 0.839. The number of piperazine rings is 1. The molecule has 1 aromatic heterocycles. The third-order valence-corrected chi connectivity index (χ3v) is 7.19. The molecule has 4 aliphatic rings. The van der Waals surface area contributed by atoms with Crippen LogP contribution in [0.2, 0.25) is 0 Å². The van der Waals surface area contributed by atoms with Gasteiger partial charge in [-0.2, -0.15) is 0 Å². The van der Waals surface area contributed by atoms with Crippen molar-refractivity contribution >= 4 is 17.6 Å². The van der Waals surface area contributed by atoms with Crippen LogP contribution in [0.3, 0.4) is 0 Å². The van der Waals surface area contributed by atoms with E-state index in [-0.39, 0.29) is 5.69 Å². The molecule has 5 rings (SSSR count). The summed E-state index contributed by atoms with van der Waals surface area (Å²) in [5, 5.41) is 3.42. The third kappa shape index (κ3) is 3.52. The number of anilines is 2. The molecular formula is C22H31F2N5. The van der Waals surface area contributed by atoms with Crippen LogP contribution in [0.15, 0.2) is 12.1 Å². The molecule has 3 fully saturated rings. The first-order valence-electron chi connectivity index (χ1n) is 11.1. The summed E-state index contributed by atoms with van der Waals surface area (Å²) >= 11 is 0. The smallest absolute Gasteiger partial charge is 0.281 e. The van der Waals surface area contributed by atoms with Crippen LogP contribution in [0.4, 0.5) is 20.3 Å². The van der Waals surface area contributed by atoms with Gasteiger partial charge in [0.05, 0.1) is 5.69 Å². The van der Waals surface area contributed by atoms with Crippen molar-refractivity contribution in [3.63, 3.8) is 0 Å². The molecule has 3 saturated heterocycles. The third-order valence-electron chi connectivity index (χ3n) is 7.19. The van der Waals surface area contributed by atoms with E-state index in [0.29, 0.717) is 23.6 Å². The van der Waals surface area contributed by atoms with E-state index in [1.807, 2.05) is 6.08 Å². The number of aromatic nitrogens is 1. The van der Waals surface area contributed by atoms with Crippen LogP contribution in [0.5, 0.6) is 0 Å². The van der Waals surface area contributed by atoms with Gasteiger partial charge in [-0.1, -0.05) is 19.1 Å². The molecule has 4 aliphatic heterocycles. The highest BCUT2D eigenvalue weighted by atomic mass is 19.3. The first-order valence-corrected chi connectivity index (χ1v) is 11.1. The largest absolute Gasteiger partial charge is 0.364 e. The van der Waals surface area contributed by atoms with Crippen molar-refractivity contribution < 1.29 is 8.78 Å². The van der Waals surface area contributed by atoms with Crippen LogP contribution in [0, 0.1) is 5.92 Å². The number of nitrogens with zero attached hydrogens (tertiary/aromatic N) is 4. The van der Waals surface area contributed by atoms with Crippen molar-refractivity contribution in [3.8, 4) is 0 Å². The zero-order chi connectivity index (χ0) is 20.0. The minimum atomic E-state index is -2.56. The summed E-state index contributed by atoms with van der Waals surface area (Å²) < 4.78 is 27.9. The molecule has 0 unspecified atom stereocenters. The highest BCUT2D eigenvalue weighted by Gasteiger charge is 2.44. The number of piperidine rings is 1. The van der Waals surface area contributed by atoms with Gasteiger partial charge in [0.1, 0.15) is 11.5 Å². The lowest BCUT2D eigenvalue weighted by Gasteiger charge is -2.54. The van der Waals surface area contributed by atoms with Gasteiger partial charge in [-0.25, -0.2) is 13.8 Å². The lowest BCUT2D eigenvalue weighted by molar-refractivity contribution is 0.110. The number of rotatable bonds is 3.